The van der Waals surface area contributed by atoms with Gasteiger partial charge in [0.2, 0.25) is 0 Å². The van der Waals surface area contributed by atoms with Gasteiger partial charge in [0, 0.05) is 11.6 Å². The summed E-state index contributed by atoms with van der Waals surface area (Å²) < 4.78 is 43.8. The van der Waals surface area contributed by atoms with Gasteiger partial charge >= 0.3 is 0 Å². The Morgan fingerprint density at radius 2 is 2.00 bits per heavy atom. The predicted octanol–water partition coefficient (Wildman–Crippen LogP) is 3.15. The van der Waals surface area contributed by atoms with E-state index in [0.29, 0.717) is 22.9 Å². The molecule has 0 bridgehead atoms. The average molecular weight is 307 g/mol. The van der Waals surface area contributed by atoms with E-state index in [4.69, 9.17) is 10.00 Å². The Kier molecular flexibility index (Phi) is 4.66. The summed E-state index contributed by atoms with van der Waals surface area (Å²) in [5, 5.41) is 8.88. The van der Waals surface area contributed by atoms with Crippen LogP contribution in [0.5, 0.6) is 5.75 Å². The lowest BCUT2D eigenvalue weighted by atomic mass is 10.1. The number of rotatable bonds is 4. The molecule has 2 aromatic carbocycles. The lowest BCUT2D eigenvalue weighted by molar-refractivity contribution is 0.411. The van der Waals surface area contributed by atoms with Crippen LogP contribution in [0.3, 0.4) is 0 Å². The van der Waals surface area contributed by atoms with Crippen LogP contribution in [0.1, 0.15) is 11.1 Å². The molecule has 0 amide bonds. The van der Waals surface area contributed by atoms with E-state index in [0.717, 1.165) is 12.1 Å². The van der Waals surface area contributed by atoms with Crippen molar-refractivity contribution in [2.45, 2.75) is 10.6 Å². The van der Waals surface area contributed by atoms with Crippen LogP contribution in [0.2, 0.25) is 0 Å². The number of halogens is 2. The van der Waals surface area contributed by atoms with E-state index in [-0.39, 0.29) is 10.6 Å². The van der Waals surface area contributed by atoms with Crippen LogP contribution in [-0.4, -0.2) is 11.3 Å². The van der Waals surface area contributed by atoms with Crippen molar-refractivity contribution in [1.82, 2.24) is 0 Å². The molecule has 0 aromatic heterocycles. The molecule has 3 nitrogen and oxygen atoms in total. The minimum absolute atomic E-state index is 0.0265. The van der Waals surface area contributed by atoms with Crippen LogP contribution < -0.4 is 4.74 Å². The predicted molar refractivity (Wildman–Crippen MR) is 74.2 cm³/mol. The number of nitriles is 1. The maximum atomic E-state index is 13.6. The van der Waals surface area contributed by atoms with E-state index < -0.39 is 22.4 Å². The fourth-order valence-electron chi connectivity index (χ4n) is 1.84. The Balaban J connectivity index is 2.33. The number of ether oxygens (including phenoxy) is 1. The third kappa shape index (κ3) is 3.44. The highest BCUT2D eigenvalue weighted by molar-refractivity contribution is 7.84. The topological polar surface area (TPSA) is 50.1 Å². The maximum absolute atomic E-state index is 13.6. The summed E-state index contributed by atoms with van der Waals surface area (Å²) in [5.41, 5.74) is 0.918. The van der Waals surface area contributed by atoms with Crippen LogP contribution in [-0.2, 0) is 16.6 Å². The number of benzene rings is 2. The lowest BCUT2D eigenvalue weighted by Crippen LogP contribution is -2.02. The largest absolute Gasteiger partial charge is 0.496 e. The van der Waals surface area contributed by atoms with Crippen molar-refractivity contribution < 1.29 is 17.7 Å². The van der Waals surface area contributed by atoms with Gasteiger partial charge in [-0.2, -0.15) is 5.26 Å². The van der Waals surface area contributed by atoms with E-state index in [2.05, 4.69) is 0 Å². The van der Waals surface area contributed by atoms with Gasteiger partial charge in [0.25, 0.3) is 0 Å². The molecule has 0 aliphatic carbocycles. The number of hydrogen-bond acceptors (Lipinski definition) is 3. The molecule has 0 heterocycles. The Morgan fingerprint density at radius 1 is 1.24 bits per heavy atom. The minimum atomic E-state index is -1.71. The lowest BCUT2D eigenvalue weighted by Gasteiger charge is -2.09. The highest BCUT2D eigenvalue weighted by Crippen LogP contribution is 2.24. The first-order valence-electron chi connectivity index (χ1n) is 5.95. The van der Waals surface area contributed by atoms with Crippen LogP contribution in [0.25, 0.3) is 0 Å². The second kappa shape index (κ2) is 6.46. The third-order valence-electron chi connectivity index (χ3n) is 2.84. The Bertz CT molecular complexity index is 741. The zero-order chi connectivity index (χ0) is 15.4. The average Bonchev–Trinajstić information content (AvgIpc) is 2.46. The smallest absolute Gasteiger partial charge is 0.142 e. The molecule has 1 unspecified atom stereocenters. The summed E-state index contributed by atoms with van der Waals surface area (Å²) in [6, 6.07) is 9.57. The summed E-state index contributed by atoms with van der Waals surface area (Å²) in [4.78, 5) is -0.0826. The third-order valence-corrected chi connectivity index (χ3v) is 4.23. The summed E-state index contributed by atoms with van der Waals surface area (Å²) >= 11 is 0. The van der Waals surface area contributed by atoms with E-state index >= 15 is 0 Å². The first-order chi connectivity index (χ1) is 10.0. The Morgan fingerprint density at radius 3 is 2.62 bits per heavy atom. The van der Waals surface area contributed by atoms with Crippen molar-refractivity contribution in [2.24, 2.45) is 0 Å². The fourth-order valence-corrected chi connectivity index (χ4v) is 3.00. The molecule has 0 fully saturated rings. The van der Waals surface area contributed by atoms with Crippen molar-refractivity contribution in [3.63, 3.8) is 0 Å². The Labute approximate surface area is 123 Å². The van der Waals surface area contributed by atoms with Gasteiger partial charge in [-0.15, -0.1) is 0 Å². The zero-order valence-electron chi connectivity index (χ0n) is 11.1. The van der Waals surface area contributed by atoms with E-state index in [1.54, 1.807) is 12.1 Å². The zero-order valence-corrected chi connectivity index (χ0v) is 11.9. The maximum Gasteiger partial charge on any atom is 0.142 e. The summed E-state index contributed by atoms with van der Waals surface area (Å²) in [7, 11) is -0.257. The monoisotopic (exact) mass is 307 g/mol. The molecule has 0 N–H and O–H groups in total. The molecule has 108 valence electrons. The van der Waals surface area contributed by atoms with Crippen molar-refractivity contribution in [1.29, 1.82) is 5.26 Å². The van der Waals surface area contributed by atoms with Gasteiger partial charge < -0.3 is 4.74 Å². The van der Waals surface area contributed by atoms with Gasteiger partial charge in [0.15, 0.2) is 0 Å². The van der Waals surface area contributed by atoms with Gasteiger partial charge in [0.05, 0.1) is 40.2 Å². The fraction of sp³-hybridized carbons (Fsp3) is 0.133. The van der Waals surface area contributed by atoms with Crippen LogP contribution >= 0.6 is 0 Å². The van der Waals surface area contributed by atoms with E-state index in [1.807, 2.05) is 6.07 Å². The molecule has 2 rings (SSSR count). The standard InChI is InChI=1S/C15H11F2NO2S/c1-20-14-4-2-10(8-18)6-11(14)9-21(19)15-5-3-12(16)7-13(15)17/h2-7H,9H2,1H3. The Hall–Kier alpha value is -2.26. The van der Waals surface area contributed by atoms with Crippen LogP contribution in [0, 0.1) is 23.0 Å². The quantitative estimate of drug-likeness (QED) is 0.872. The summed E-state index contributed by atoms with van der Waals surface area (Å²) in [5.74, 6) is -1.15. The molecule has 2 aromatic rings. The molecular formula is C15H11F2NO2S. The van der Waals surface area contributed by atoms with Gasteiger partial charge in [-0.05, 0) is 30.3 Å². The molecule has 0 spiro atoms. The number of nitrogens with zero attached hydrogens (tertiary/aromatic N) is 1. The van der Waals surface area contributed by atoms with Gasteiger partial charge in [-0.25, -0.2) is 8.78 Å². The number of methoxy groups -OCH3 is 1. The highest BCUT2D eigenvalue weighted by atomic mass is 32.2. The molecule has 1 atom stereocenters. The van der Waals surface area contributed by atoms with Gasteiger partial charge in [0.1, 0.15) is 17.4 Å². The van der Waals surface area contributed by atoms with Gasteiger partial charge in [-0.1, -0.05) is 0 Å². The van der Waals surface area contributed by atoms with Crippen molar-refractivity contribution in [3.05, 3.63) is 59.2 Å². The molecule has 0 aliphatic heterocycles. The van der Waals surface area contributed by atoms with Gasteiger partial charge in [-0.3, -0.25) is 4.21 Å². The summed E-state index contributed by atoms with van der Waals surface area (Å²) in [6.45, 7) is 0. The summed E-state index contributed by atoms with van der Waals surface area (Å²) in [6.07, 6.45) is 0. The minimum Gasteiger partial charge on any atom is -0.496 e. The van der Waals surface area contributed by atoms with Crippen LogP contribution in [0.4, 0.5) is 8.78 Å². The first kappa shape index (κ1) is 15.1. The second-order valence-corrected chi connectivity index (χ2v) is 5.62. The van der Waals surface area contributed by atoms with Crippen molar-refractivity contribution >= 4 is 10.8 Å². The molecule has 0 saturated heterocycles. The second-order valence-electron chi connectivity index (χ2n) is 4.20. The molecule has 0 radical (unpaired) electrons. The number of hydrogen-bond donors (Lipinski definition) is 0. The van der Waals surface area contributed by atoms with Crippen molar-refractivity contribution in [3.8, 4) is 11.8 Å². The van der Waals surface area contributed by atoms with Crippen LogP contribution in [0.15, 0.2) is 41.3 Å². The molecular weight excluding hydrogens is 296 g/mol. The normalized spacial score (nSPS) is 11.7. The van der Waals surface area contributed by atoms with E-state index in [9.17, 15) is 13.0 Å². The molecule has 0 aliphatic rings. The molecule has 0 saturated carbocycles. The molecule has 21 heavy (non-hydrogen) atoms. The SMILES string of the molecule is COc1ccc(C#N)cc1CS(=O)c1ccc(F)cc1F. The van der Waals surface area contributed by atoms with Crippen molar-refractivity contribution in [2.75, 3.05) is 7.11 Å². The van der Waals surface area contributed by atoms with E-state index in [1.165, 1.54) is 13.2 Å². The molecule has 6 heteroatoms. The highest BCUT2D eigenvalue weighted by Gasteiger charge is 2.14. The first-order valence-corrected chi connectivity index (χ1v) is 7.27.